The zero-order chi connectivity index (χ0) is 14.9. The minimum Gasteiger partial charge on any atom is -0.491 e. The first-order valence-electron chi connectivity index (χ1n) is 5.96. The predicted molar refractivity (Wildman–Crippen MR) is 75.8 cm³/mol. The Hall–Kier alpha value is -2.08. The molecule has 0 unspecified atom stereocenters. The largest absolute Gasteiger partial charge is 0.491 e. The lowest BCUT2D eigenvalue weighted by molar-refractivity contribution is 0.407. The van der Waals surface area contributed by atoms with Crippen molar-refractivity contribution in [1.29, 1.82) is 0 Å². The van der Waals surface area contributed by atoms with E-state index in [0.29, 0.717) is 5.69 Å². The molecule has 0 saturated carbocycles. The number of nitrogens with zero attached hydrogens (tertiary/aromatic N) is 1. The Labute approximate surface area is 117 Å². The highest BCUT2D eigenvalue weighted by Gasteiger charge is 2.19. The quantitative estimate of drug-likeness (QED) is 0.864. The van der Waals surface area contributed by atoms with Crippen molar-refractivity contribution in [2.45, 2.75) is 18.7 Å². The van der Waals surface area contributed by atoms with Gasteiger partial charge in [0, 0.05) is 11.8 Å². The van der Waals surface area contributed by atoms with Gasteiger partial charge >= 0.3 is 0 Å². The van der Waals surface area contributed by atoms with E-state index in [1.807, 2.05) is 6.92 Å². The van der Waals surface area contributed by atoms with Crippen molar-refractivity contribution in [3.8, 4) is 5.75 Å². The fraction of sp³-hybridized carbons (Fsp3) is 0.214. The van der Waals surface area contributed by atoms with Crippen LogP contribution in [0.4, 0.5) is 0 Å². The molecule has 0 radical (unpaired) electrons. The lowest BCUT2D eigenvalue weighted by atomic mass is 10.2. The third-order valence-corrected chi connectivity index (χ3v) is 4.74. The summed E-state index contributed by atoms with van der Waals surface area (Å²) in [6.07, 6.45) is 1.20. The number of aromatic nitrogens is 1. The van der Waals surface area contributed by atoms with Crippen LogP contribution in [0.5, 0.6) is 5.75 Å². The van der Waals surface area contributed by atoms with Crippen molar-refractivity contribution < 1.29 is 13.2 Å². The van der Waals surface area contributed by atoms with Gasteiger partial charge in [0.1, 0.15) is 0 Å². The van der Waals surface area contributed by atoms with Crippen LogP contribution in [-0.4, -0.2) is 19.5 Å². The summed E-state index contributed by atoms with van der Waals surface area (Å²) in [6, 6.07) is 7.76. The van der Waals surface area contributed by atoms with E-state index in [0.717, 1.165) is 9.54 Å². The van der Waals surface area contributed by atoms with Gasteiger partial charge in [-0.2, -0.15) is 0 Å². The molecule has 0 amide bonds. The van der Waals surface area contributed by atoms with Crippen LogP contribution in [0.2, 0.25) is 0 Å². The molecule has 2 aromatic rings. The number of methoxy groups -OCH3 is 1. The molecule has 1 heterocycles. The molecular formula is C14H15NO4S. The van der Waals surface area contributed by atoms with E-state index >= 15 is 0 Å². The Kier molecular flexibility index (Phi) is 3.67. The summed E-state index contributed by atoms with van der Waals surface area (Å²) >= 11 is 0. The van der Waals surface area contributed by atoms with Crippen molar-refractivity contribution in [2.24, 2.45) is 0 Å². The first kappa shape index (κ1) is 14.3. The van der Waals surface area contributed by atoms with Gasteiger partial charge in [0.2, 0.25) is 5.43 Å². The van der Waals surface area contributed by atoms with Gasteiger partial charge in [-0.05, 0) is 26.0 Å². The van der Waals surface area contributed by atoms with E-state index in [1.54, 1.807) is 19.1 Å². The maximum absolute atomic E-state index is 12.6. The van der Waals surface area contributed by atoms with Crippen LogP contribution in [0, 0.1) is 13.8 Å². The van der Waals surface area contributed by atoms with E-state index in [2.05, 4.69) is 0 Å². The third-order valence-electron chi connectivity index (χ3n) is 2.96. The Balaban J connectivity index is 2.66. The SMILES string of the molecule is COc1cn(S(=O)(=O)c2ccc(C)cc2)c(C)cc1=O. The standard InChI is InChI=1S/C14H15NO4S/c1-10-4-6-12(7-5-10)20(17,18)15-9-14(19-3)13(16)8-11(15)2/h4-9H,1-3H3. The number of aryl methyl sites for hydroxylation is 2. The van der Waals surface area contributed by atoms with Gasteiger partial charge in [0.25, 0.3) is 10.0 Å². The molecule has 0 aliphatic rings. The zero-order valence-corrected chi connectivity index (χ0v) is 12.3. The Morgan fingerprint density at radius 3 is 2.25 bits per heavy atom. The van der Waals surface area contributed by atoms with Crippen LogP contribution in [0.3, 0.4) is 0 Å². The second kappa shape index (κ2) is 5.13. The number of pyridine rings is 1. The monoisotopic (exact) mass is 293 g/mol. The normalized spacial score (nSPS) is 11.3. The molecule has 2 rings (SSSR count). The first-order valence-corrected chi connectivity index (χ1v) is 7.40. The molecule has 0 aliphatic heterocycles. The van der Waals surface area contributed by atoms with E-state index in [1.165, 1.54) is 31.5 Å². The summed E-state index contributed by atoms with van der Waals surface area (Å²) in [7, 11) is -2.41. The van der Waals surface area contributed by atoms with Gasteiger partial charge in [-0.25, -0.2) is 12.4 Å². The average molecular weight is 293 g/mol. The summed E-state index contributed by atoms with van der Waals surface area (Å²) in [5.74, 6) is -0.00807. The van der Waals surface area contributed by atoms with Crippen LogP contribution < -0.4 is 10.2 Å². The molecule has 0 N–H and O–H groups in total. The second-order valence-corrected chi connectivity index (χ2v) is 6.28. The van der Waals surface area contributed by atoms with Gasteiger partial charge in [-0.1, -0.05) is 17.7 Å². The smallest absolute Gasteiger partial charge is 0.267 e. The number of ether oxygens (including phenoxy) is 1. The number of hydrogen-bond acceptors (Lipinski definition) is 4. The van der Waals surface area contributed by atoms with Crippen molar-refractivity contribution in [1.82, 2.24) is 3.97 Å². The molecule has 1 aromatic carbocycles. The maximum Gasteiger partial charge on any atom is 0.267 e. The summed E-state index contributed by atoms with van der Waals surface area (Å²) in [5.41, 5.74) is 0.954. The fourth-order valence-corrected chi connectivity index (χ4v) is 3.21. The number of benzene rings is 1. The molecule has 20 heavy (non-hydrogen) atoms. The summed E-state index contributed by atoms with van der Waals surface area (Å²) < 4.78 is 31.0. The van der Waals surface area contributed by atoms with E-state index < -0.39 is 10.0 Å². The van der Waals surface area contributed by atoms with E-state index in [4.69, 9.17) is 4.74 Å². The summed E-state index contributed by atoms with van der Waals surface area (Å²) in [4.78, 5) is 11.8. The minimum atomic E-state index is -3.74. The van der Waals surface area contributed by atoms with Crippen molar-refractivity contribution in [3.63, 3.8) is 0 Å². The van der Waals surface area contributed by atoms with Gasteiger partial charge in [0.05, 0.1) is 18.2 Å². The summed E-state index contributed by atoms with van der Waals surface area (Å²) in [6.45, 7) is 3.44. The topological polar surface area (TPSA) is 65.4 Å². The van der Waals surface area contributed by atoms with Crippen molar-refractivity contribution >= 4 is 10.0 Å². The molecule has 0 aliphatic carbocycles. The second-order valence-electron chi connectivity index (χ2n) is 4.46. The minimum absolute atomic E-state index is 0.00807. The molecule has 0 saturated heterocycles. The molecule has 106 valence electrons. The lowest BCUT2D eigenvalue weighted by Gasteiger charge is -2.13. The van der Waals surface area contributed by atoms with Crippen LogP contribution >= 0.6 is 0 Å². The fourth-order valence-electron chi connectivity index (χ4n) is 1.83. The van der Waals surface area contributed by atoms with Crippen molar-refractivity contribution in [2.75, 3.05) is 7.11 Å². The van der Waals surface area contributed by atoms with Crippen LogP contribution in [0.15, 0.2) is 46.2 Å². The summed E-state index contributed by atoms with van der Waals surface area (Å²) in [5, 5.41) is 0. The first-order chi connectivity index (χ1) is 9.36. The Morgan fingerprint density at radius 1 is 1.10 bits per heavy atom. The molecule has 0 spiro atoms. The van der Waals surface area contributed by atoms with E-state index in [9.17, 15) is 13.2 Å². The Bertz CT molecular complexity index is 789. The van der Waals surface area contributed by atoms with Crippen LogP contribution in [0.25, 0.3) is 0 Å². The van der Waals surface area contributed by atoms with Gasteiger partial charge in [-0.3, -0.25) is 4.79 Å². The van der Waals surface area contributed by atoms with Gasteiger partial charge in [0.15, 0.2) is 5.75 Å². The molecule has 6 heteroatoms. The highest BCUT2D eigenvalue weighted by atomic mass is 32.2. The van der Waals surface area contributed by atoms with Gasteiger partial charge in [-0.15, -0.1) is 0 Å². The average Bonchev–Trinajstić information content (AvgIpc) is 2.39. The molecule has 0 fully saturated rings. The van der Waals surface area contributed by atoms with Crippen LogP contribution in [0.1, 0.15) is 11.3 Å². The lowest BCUT2D eigenvalue weighted by Crippen LogP contribution is -2.19. The highest BCUT2D eigenvalue weighted by Crippen LogP contribution is 2.17. The molecule has 0 bridgehead atoms. The molecule has 0 atom stereocenters. The maximum atomic E-state index is 12.6. The highest BCUT2D eigenvalue weighted by molar-refractivity contribution is 7.90. The van der Waals surface area contributed by atoms with E-state index in [-0.39, 0.29) is 16.1 Å². The zero-order valence-electron chi connectivity index (χ0n) is 11.5. The van der Waals surface area contributed by atoms with Gasteiger partial charge < -0.3 is 4.74 Å². The van der Waals surface area contributed by atoms with Crippen molar-refractivity contribution in [3.05, 3.63) is 58.0 Å². The Morgan fingerprint density at radius 2 is 1.70 bits per heavy atom. The molecular weight excluding hydrogens is 278 g/mol. The molecule has 5 nitrogen and oxygen atoms in total. The number of hydrogen-bond donors (Lipinski definition) is 0. The third kappa shape index (κ3) is 2.46. The van der Waals surface area contributed by atoms with Crippen LogP contribution in [-0.2, 0) is 10.0 Å². The molecule has 1 aromatic heterocycles. The predicted octanol–water partition coefficient (Wildman–Crippen LogP) is 1.71. The number of rotatable bonds is 3.